The van der Waals surface area contributed by atoms with Crippen molar-refractivity contribution in [1.29, 1.82) is 0 Å². The summed E-state index contributed by atoms with van der Waals surface area (Å²) in [5, 5.41) is 14.3. The molecule has 1 aliphatic rings. The Morgan fingerprint density at radius 1 is 1.15 bits per heavy atom. The fraction of sp³-hybridized carbons (Fsp3) is 0.312. The summed E-state index contributed by atoms with van der Waals surface area (Å²) in [4.78, 5) is 30.9. The number of nitrogens with zero attached hydrogens (tertiary/aromatic N) is 3. The Morgan fingerprint density at radius 2 is 1.93 bits per heavy atom. The molecule has 41 heavy (non-hydrogen) atoms. The van der Waals surface area contributed by atoms with Crippen LogP contribution < -0.4 is 10.6 Å². The van der Waals surface area contributed by atoms with E-state index in [1.54, 1.807) is 36.2 Å². The first kappa shape index (κ1) is 27.8. The normalized spacial score (nSPS) is 15.0. The maximum absolute atomic E-state index is 15.3. The molecule has 2 aromatic heterocycles. The first-order valence-corrected chi connectivity index (χ1v) is 13.6. The Labute approximate surface area is 238 Å². The SMILES string of the molecule is CC#CC(=O)N1CCC(Nc2n[nH]c3nccc(-c4ccc(CNC(=O)c5ccc(C(C)(C)C)cc5)c(F)c4)c23)C1. The second-order valence-electron chi connectivity index (χ2n) is 11.2. The molecule has 1 unspecified atom stereocenters. The van der Waals surface area contributed by atoms with Crippen molar-refractivity contribution in [3.05, 3.63) is 77.2 Å². The number of amides is 2. The number of H-pyrrole nitrogens is 1. The van der Waals surface area contributed by atoms with Gasteiger partial charge in [0.05, 0.1) is 5.39 Å². The molecule has 1 aliphatic heterocycles. The van der Waals surface area contributed by atoms with Crippen LogP contribution in [-0.2, 0) is 16.8 Å². The molecule has 5 rings (SSSR count). The highest BCUT2D eigenvalue weighted by molar-refractivity contribution is 6.00. The van der Waals surface area contributed by atoms with Gasteiger partial charge in [-0.15, -0.1) is 0 Å². The van der Waals surface area contributed by atoms with Gasteiger partial charge < -0.3 is 15.5 Å². The molecule has 1 fully saturated rings. The van der Waals surface area contributed by atoms with Gasteiger partial charge in [0, 0.05) is 43.0 Å². The molecule has 1 saturated heterocycles. The van der Waals surface area contributed by atoms with Crippen LogP contribution in [0.3, 0.4) is 0 Å². The summed E-state index contributed by atoms with van der Waals surface area (Å²) in [7, 11) is 0. The Morgan fingerprint density at radius 3 is 2.63 bits per heavy atom. The second-order valence-corrected chi connectivity index (χ2v) is 11.2. The number of pyridine rings is 1. The van der Waals surface area contributed by atoms with Gasteiger partial charge in [-0.2, -0.15) is 5.10 Å². The first-order valence-electron chi connectivity index (χ1n) is 13.6. The molecule has 0 spiro atoms. The van der Waals surface area contributed by atoms with E-state index in [2.05, 4.69) is 58.4 Å². The monoisotopic (exact) mass is 552 g/mol. The highest BCUT2D eigenvalue weighted by Crippen LogP contribution is 2.33. The molecule has 3 N–H and O–H groups in total. The second kappa shape index (κ2) is 11.4. The summed E-state index contributed by atoms with van der Waals surface area (Å²) in [6.45, 7) is 9.20. The highest BCUT2D eigenvalue weighted by atomic mass is 19.1. The largest absolute Gasteiger partial charge is 0.363 e. The molecular formula is C32H33FN6O2. The van der Waals surface area contributed by atoms with Crippen molar-refractivity contribution in [2.45, 2.75) is 52.1 Å². The topological polar surface area (TPSA) is 103 Å². The van der Waals surface area contributed by atoms with Gasteiger partial charge in [-0.1, -0.05) is 51.0 Å². The lowest BCUT2D eigenvalue weighted by molar-refractivity contribution is -0.124. The number of hydrogen-bond acceptors (Lipinski definition) is 5. The third-order valence-corrected chi connectivity index (χ3v) is 7.33. The molecule has 2 aromatic carbocycles. The minimum absolute atomic E-state index is 0.00421. The van der Waals surface area contributed by atoms with Gasteiger partial charge in [0.1, 0.15) is 5.82 Å². The van der Waals surface area contributed by atoms with Crippen LogP contribution in [-0.4, -0.2) is 51.0 Å². The summed E-state index contributed by atoms with van der Waals surface area (Å²) in [6.07, 6.45) is 2.41. The van der Waals surface area contributed by atoms with Crippen LogP contribution in [0.5, 0.6) is 0 Å². The van der Waals surface area contributed by atoms with Gasteiger partial charge >= 0.3 is 0 Å². The third kappa shape index (κ3) is 6.07. The number of aromatic nitrogens is 3. The Kier molecular flexibility index (Phi) is 7.75. The third-order valence-electron chi connectivity index (χ3n) is 7.33. The summed E-state index contributed by atoms with van der Waals surface area (Å²) in [5.74, 6) is 4.97. The highest BCUT2D eigenvalue weighted by Gasteiger charge is 2.27. The lowest BCUT2D eigenvalue weighted by Crippen LogP contribution is -2.30. The number of fused-ring (bicyclic) bond motifs is 1. The van der Waals surface area contributed by atoms with Gasteiger partial charge in [-0.3, -0.25) is 14.7 Å². The van der Waals surface area contributed by atoms with E-state index in [1.807, 2.05) is 24.3 Å². The van der Waals surface area contributed by atoms with E-state index in [4.69, 9.17) is 0 Å². The molecule has 8 nitrogen and oxygen atoms in total. The quantitative estimate of drug-likeness (QED) is 0.291. The van der Waals surface area contributed by atoms with E-state index in [0.717, 1.165) is 22.9 Å². The fourth-order valence-electron chi connectivity index (χ4n) is 5.00. The number of likely N-dealkylation sites (tertiary alicyclic amines) is 1. The van der Waals surface area contributed by atoms with Crippen LogP contribution >= 0.6 is 0 Å². The molecule has 2 amide bonds. The van der Waals surface area contributed by atoms with Crippen LogP contribution in [0.15, 0.2) is 54.7 Å². The number of benzene rings is 2. The standard InChI is InChI=1S/C32H33FN6O2/c1-5-6-27(40)39-16-14-24(19-39)36-30-28-25(13-15-34-29(28)37-38-30)21-7-8-22(26(33)17-21)18-35-31(41)20-9-11-23(12-10-20)32(2,3)4/h7-13,15,17,24H,14,16,18-19H2,1-4H3,(H,35,41)(H2,34,36,37,38). The molecule has 9 heteroatoms. The van der Waals surface area contributed by atoms with Crippen LogP contribution in [0, 0.1) is 17.7 Å². The van der Waals surface area contributed by atoms with Crippen molar-refractivity contribution >= 4 is 28.7 Å². The molecule has 0 bridgehead atoms. The number of aromatic amines is 1. The van der Waals surface area contributed by atoms with Crippen LogP contribution in [0.4, 0.5) is 10.2 Å². The number of carbonyl (C=O) groups excluding carboxylic acids is 2. The van der Waals surface area contributed by atoms with Crippen LogP contribution in [0.2, 0.25) is 0 Å². The first-order chi connectivity index (χ1) is 19.6. The van der Waals surface area contributed by atoms with Crippen molar-refractivity contribution < 1.29 is 14.0 Å². The minimum atomic E-state index is -0.421. The molecule has 0 radical (unpaired) electrons. The number of hydrogen-bond donors (Lipinski definition) is 3. The zero-order valence-electron chi connectivity index (χ0n) is 23.6. The average Bonchev–Trinajstić information content (AvgIpc) is 3.59. The molecule has 4 aromatic rings. The van der Waals surface area contributed by atoms with Crippen molar-refractivity contribution in [3.63, 3.8) is 0 Å². The van der Waals surface area contributed by atoms with Crippen molar-refractivity contribution in [2.75, 3.05) is 18.4 Å². The van der Waals surface area contributed by atoms with Gasteiger partial charge in [-0.25, -0.2) is 9.37 Å². The van der Waals surface area contributed by atoms with Gasteiger partial charge in [-0.05, 0) is 65.6 Å². The number of anilines is 1. The maximum atomic E-state index is 15.3. The Balaban J connectivity index is 1.30. The lowest BCUT2D eigenvalue weighted by Gasteiger charge is -2.19. The number of nitrogens with one attached hydrogen (secondary N) is 3. The number of halogens is 1. The van der Waals surface area contributed by atoms with E-state index in [-0.39, 0.29) is 29.8 Å². The average molecular weight is 553 g/mol. The van der Waals surface area contributed by atoms with Crippen molar-refractivity contribution in [3.8, 4) is 23.0 Å². The summed E-state index contributed by atoms with van der Waals surface area (Å²) in [6, 6.07) is 14.3. The molecule has 1 atom stereocenters. The van der Waals surface area contributed by atoms with Crippen LogP contribution in [0.25, 0.3) is 22.2 Å². The van der Waals surface area contributed by atoms with Crippen molar-refractivity contribution in [1.82, 2.24) is 25.4 Å². The predicted molar refractivity (Wildman–Crippen MR) is 158 cm³/mol. The predicted octanol–water partition coefficient (Wildman–Crippen LogP) is 5.03. The molecule has 3 heterocycles. The molecule has 0 aliphatic carbocycles. The van der Waals surface area contributed by atoms with Gasteiger partial charge in [0.25, 0.3) is 11.8 Å². The molecular weight excluding hydrogens is 519 g/mol. The zero-order valence-corrected chi connectivity index (χ0v) is 23.6. The maximum Gasteiger partial charge on any atom is 0.298 e. The van der Waals surface area contributed by atoms with E-state index < -0.39 is 5.82 Å². The minimum Gasteiger partial charge on any atom is -0.363 e. The smallest absolute Gasteiger partial charge is 0.298 e. The number of carbonyl (C=O) groups is 2. The summed E-state index contributed by atoms with van der Waals surface area (Å²) < 4.78 is 15.3. The van der Waals surface area contributed by atoms with E-state index in [0.29, 0.717) is 41.2 Å². The summed E-state index contributed by atoms with van der Waals surface area (Å²) in [5.41, 5.74) is 4.05. The molecule has 0 saturated carbocycles. The van der Waals surface area contributed by atoms with Gasteiger partial charge in [0.2, 0.25) is 0 Å². The Hall–Kier alpha value is -4.71. The van der Waals surface area contributed by atoms with Gasteiger partial charge in [0.15, 0.2) is 11.5 Å². The van der Waals surface area contributed by atoms with E-state index >= 15 is 4.39 Å². The lowest BCUT2D eigenvalue weighted by atomic mass is 9.87. The van der Waals surface area contributed by atoms with E-state index in [9.17, 15) is 9.59 Å². The van der Waals surface area contributed by atoms with Crippen molar-refractivity contribution in [2.24, 2.45) is 0 Å². The van der Waals surface area contributed by atoms with E-state index in [1.165, 1.54) is 6.07 Å². The Bertz CT molecular complexity index is 1660. The number of rotatable bonds is 6. The summed E-state index contributed by atoms with van der Waals surface area (Å²) >= 11 is 0. The van der Waals surface area contributed by atoms with Crippen LogP contribution in [0.1, 0.15) is 55.6 Å². The zero-order chi connectivity index (χ0) is 29.1. The fourth-order valence-corrected chi connectivity index (χ4v) is 5.00. The molecule has 210 valence electrons.